The third-order valence-electron chi connectivity index (χ3n) is 5.50. The van der Waals surface area contributed by atoms with Gasteiger partial charge < -0.3 is 4.40 Å². The largest absolute Gasteiger partial charge is 0.303 e. The Morgan fingerprint density at radius 1 is 0.710 bits per heavy atom. The Morgan fingerprint density at radius 2 is 1.35 bits per heavy atom. The number of aryl methyl sites for hydroxylation is 1. The van der Waals surface area contributed by atoms with Crippen molar-refractivity contribution in [3.63, 3.8) is 0 Å². The molecule has 2 aromatic heterocycles. The van der Waals surface area contributed by atoms with Crippen molar-refractivity contribution < 1.29 is 0 Å². The second-order valence-electron chi connectivity index (χ2n) is 7.76. The first-order chi connectivity index (χ1) is 15.3. The SMILES string of the molecule is Cc1ccn2c(CSCc3ccccc3)c(-c3ccc(-c4ccccc4)cc3)nc2c1. The molecule has 0 fully saturated rings. The van der Waals surface area contributed by atoms with Gasteiger partial charge >= 0.3 is 0 Å². The topological polar surface area (TPSA) is 17.3 Å². The zero-order valence-corrected chi connectivity index (χ0v) is 18.3. The summed E-state index contributed by atoms with van der Waals surface area (Å²) in [6.45, 7) is 2.12. The van der Waals surface area contributed by atoms with Gasteiger partial charge in [-0.25, -0.2) is 4.98 Å². The van der Waals surface area contributed by atoms with Crippen LogP contribution < -0.4 is 0 Å². The van der Waals surface area contributed by atoms with Crippen molar-refractivity contribution in [3.05, 3.63) is 120 Å². The van der Waals surface area contributed by atoms with E-state index in [9.17, 15) is 0 Å². The van der Waals surface area contributed by atoms with E-state index in [1.807, 2.05) is 11.8 Å². The summed E-state index contributed by atoms with van der Waals surface area (Å²) in [6.07, 6.45) is 2.15. The molecule has 0 aliphatic rings. The summed E-state index contributed by atoms with van der Waals surface area (Å²) in [5.41, 5.74) is 9.54. The molecule has 2 nitrogen and oxygen atoms in total. The lowest BCUT2D eigenvalue weighted by Gasteiger charge is -2.07. The van der Waals surface area contributed by atoms with E-state index in [0.29, 0.717) is 0 Å². The molecule has 0 saturated carbocycles. The van der Waals surface area contributed by atoms with Gasteiger partial charge in [-0.05, 0) is 41.3 Å². The Bertz CT molecular complexity index is 1290. The van der Waals surface area contributed by atoms with Crippen LogP contribution in [0.3, 0.4) is 0 Å². The molecule has 0 saturated heterocycles. The van der Waals surface area contributed by atoms with E-state index in [1.54, 1.807) is 0 Å². The van der Waals surface area contributed by atoms with Gasteiger partial charge in [0.15, 0.2) is 0 Å². The maximum Gasteiger partial charge on any atom is 0.137 e. The molecule has 3 aromatic carbocycles. The van der Waals surface area contributed by atoms with Crippen LogP contribution in [0, 0.1) is 6.92 Å². The number of imidazole rings is 1. The standard InChI is InChI=1S/C28H24N2S/c1-21-16-17-30-26(20-31-19-22-8-4-2-5-9-22)28(29-27(30)18-21)25-14-12-24(13-15-25)23-10-6-3-7-11-23/h2-18H,19-20H2,1H3. The van der Waals surface area contributed by atoms with E-state index in [-0.39, 0.29) is 0 Å². The number of aromatic nitrogens is 2. The third-order valence-corrected chi connectivity index (χ3v) is 6.51. The molecule has 152 valence electrons. The van der Waals surface area contributed by atoms with Gasteiger partial charge in [0, 0.05) is 23.3 Å². The lowest BCUT2D eigenvalue weighted by atomic mass is 10.0. The molecule has 0 aliphatic heterocycles. The number of nitrogens with zero attached hydrogens (tertiary/aromatic N) is 2. The van der Waals surface area contributed by atoms with Crippen LogP contribution in [0.15, 0.2) is 103 Å². The van der Waals surface area contributed by atoms with Crippen molar-refractivity contribution in [2.24, 2.45) is 0 Å². The number of hydrogen-bond donors (Lipinski definition) is 0. The third kappa shape index (κ3) is 4.28. The van der Waals surface area contributed by atoms with Crippen molar-refractivity contribution in [1.29, 1.82) is 0 Å². The highest BCUT2D eigenvalue weighted by Gasteiger charge is 2.14. The number of benzene rings is 3. The molecule has 5 rings (SSSR count). The molecule has 0 unspecified atom stereocenters. The normalized spacial score (nSPS) is 11.1. The van der Waals surface area contributed by atoms with E-state index in [4.69, 9.17) is 4.98 Å². The number of fused-ring (bicyclic) bond motifs is 1. The Kier molecular flexibility index (Phi) is 5.59. The lowest BCUT2D eigenvalue weighted by Crippen LogP contribution is -1.94. The molecular formula is C28H24N2S. The van der Waals surface area contributed by atoms with Gasteiger partial charge in [0.1, 0.15) is 5.65 Å². The second-order valence-corrected chi connectivity index (χ2v) is 8.75. The number of pyridine rings is 1. The summed E-state index contributed by atoms with van der Waals surface area (Å²) >= 11 is 1.93. The molecule has 0 aliphatic carbocycles. The summed E-state index contributed by atoms with van der Waals surface area (Å²) < 4.78 is 2.24. The maximum absolute atomic E-state index is 5.02. The molecule has 31 heavy (non-hydrogen) atoms. The summed E-state index contributed by atoms with van der Waals surface area (Å²) in [5.74, 6) is 1.90. The molecular weight excluding hydrogens is 396 g/mol. The van der Waals surface area contributed by atoms with Crippen LogP contribution in [0.1, 0.15) is 16.8 Å². The van der Waals surface area contributed by atoms with Gasteiger partial charge in [0.2, 0.25) is 0 Å². The zero-order valence-electron chi connectivity index (χ0n) is 17.5. The molecule has 5 aromatic rings. The second kappa shape index (κ2) is 8.83. The first-order valence-corrected chi connectivity index (χ1v) is 11.7. The van der Waals surface area contributed by atoms with Crippen LogP contribution >= 0.6 is 11.8 Å². The fraction of sp³-hybridized carbons (Fsp3) is 0.107. The monoisotopic (exact) mass is 420 g/mol. The van der Waals surface area contributed by atoms with E-state index in [1.165, 1.54) is 27.9 Å². The highest BCUT2D eigenvalue weighted by molar-refractivity contribution is 7.97. The van der Waals surface area contributed by atoms with E-state index in [2.05, 4.69) is 115 Å². The highest BCUT2D eigenvalue weighted by atomic mass is 32.2. The van der Waals surface area contributed by atoms with Crippen LogP contribution in [-0.4, -0.2) is 9.38 Å². The Hall–Kier alpha value is -3.30. The maximum atomic E-state index is 5.02. The molecule has 0 bridgehead atoms. The van der Waals surface area contributed by atoms with E-state index in [0.717, 1.165) is 28.4 Å². The average molecular weight is 421 g/mol. The molecule has 2 heterocycles. The quantitative estimate of drug-likeness (QED) is 0.284. The molecule has 0 amide bonds. The van der Waals surface area contributed by atoms with Crippen LogP contribution in [0.4, 0.5) is 0 Å². The van der Waals surface area contributed by atoms with Crippen LogP contribution in [0.2, 0.25) is 0 Å². The summed E-state index contributed by atoms with van der Waals surface area (Å²) in [6, 6.07) is 34.3. The average Bonchev–Trinajstić information content (AvgIpc) is 3.18. The van der Waals surface area contributed by atoms with E-state index < -0.39 is 0 Å². The fourth-order valence-corrected chi connectivity index (χ4v) is 4.86. The van der Waals surface area contributed by atoms with E-state index >= 15 is 0 Å². The van der Waals surface area contributed by atoms with Gasteiger partial charge in [-0.3, -0.25) is 0 Å². The molecule has 0 N–H and O–H groups in total. The minimum atomic E-state index is 0.912. The van der Waals surface area contributed by atoms with Crippen molar-refractivity contribution >= 4 is 17.4 Å². The number of thioether (sulfide) groups is 1. The van der Waals surface area contributed by atoms with Crippen molar-refractivity contribution in [1.82, 2.24) is 9.38 Å². The van der Waals surface area contributed by atoms with Gasteiger partial charge in [-0.2, -0.15) is 11.8 Å². The smallest absolute Gasteiger partial charge is 0.137 e. The number of hydrogen-bond acceptors (Lipinski definition) is 2. The van der Waals surface area contributed by atoms with Gasteiger partial charge in [-0.1, -0.05) is 84.9 Å². The fourth-order valence-electron chi connectivity index (χ4n) is 3.86. The first kappa shape index (κ1) is 19.7. The molecule has 3 heteroatoms. The first-order valence-electron chi connectivity index (χ1n) is 10.5. The Balaban J connectivity index is 1.48. The van der Waals surface area contributed by atoms with Crippen LogP contribution in [-0.2, 0) is 11.5 Å². The van der Waals surface area contributed by atoms with Crippen molar-refractivity contribution in [2.45, 2.75) is 18.4 Å². The molecule has 0 spiro atoms. The predicted molar refractivity (Wildman–Crippen MR) is 132 cm³/mol. The Labute approximate surface area is 187 Å². The highest BCUT2D eigenvalue weighted by Crippen LogP contribution is 2.31. The van der Waals surface area contributed by atoms with Gasteiger partial charge in [-0.15, -0.1) is 0 Å². The Morgan fingerprint density at radius 3 is 2.10 bits per heavy atom. The molecule has 0 atom stereocenters. The zero-order chi connectivity index (χ0) is 21.0. The minimum absolute atomic E-state index is 0.912. The number of rotatable bonds is 6. The van der Waals surface area contributed by atoms with Crippen LogP contribution in [0.5, 0.6) is 0 Å². The lowest BCUT2D eigenvalue weighted by molar-refractivity contribution is 1.09. The summed E-state index contributed by atoms with van der Waals surface area (Å²) in [7, 11) is 0. The summed E-state index contributed by atoms with van der Waals surface area (Å²) in [4.78, 5) is 5.02. The van der Waals surface area contributed by atoms with Crippen molar-refractivity contribution in [3.8, 4) is 22.4 Å². The van der Waals surface area contributed by atoms with Gasteiger partial charge in [0.05, 0.1) is 11.4 Å². The predicted octanol–water partition coefficient (Wildman–Crippen LogP) is 7.41. The van der Waals surface area contributed by atoms with Gasteiger partial charge in [0.25, 0.3) is 0 Å². The van der Waals surface area contributed by atoms with Crippen molar-refractivity contribution in [2.75, 3.05) is 0 Å². The molecule has 0 radical (unpaired) electrons. The minimum Gasteiger partial charge on any atom is -0.303 e. The summed E-state index contributed by atoms with van der Waals surface area (Å²) in [5, 5.41) is 0. The van der Waals surface area contributed by atoms with Crippen LogP contribution in [0.25, 0.3) is 28.0 Å².